The summed E-state index contributed by atoms with van der Waals surface area (Å²) in [6.45, 7) is 1.08. The summed E-state index contributed by atoms with van der Waals surface area (Å²) >= 11 is 0. The molecule has 0 saturated carbocycles. The molecule has 2 nitrogen and oxygen atoms in total. The number of rotatable bonds is 1. The summed E-state index contributed by atoms with van der Waals surface area (Å²) in [5, 5.41) is 3.36. The van der Waals surface area contributed by atoms with Gasteiger partial charge in [-0.05, 0) is 25.0 Å². The van der Waals surface area contributed by atoms with E-state index in [1.54, 1.807) is 6.20 Å². The summed E-state index contributed by atoms with van der Waals surface area (Å²) in [7, 11) is 0. The first kappa shape index (κ1) is 7.35. The van der Waals surface area contributed by atoms with Gasteiger partial charge in [0.15, 0.2) is 0 Å². The van der Waals surface area contributed by atoms with Crippen LogP contribution in [0.15, 0.2) is 30.6 Å². The molecular formula is C10H12N2. The van der Waals surface area contributed by atoms with E-state index in [0.29, 0.717) is 0 Å². The summed E-state index contributed by atoms with van der Waals surface area (Å²) in [6, 6.07) is 4.05. The van der Waals surface area contributed by atoms with Crippen molar-refractivity contribution in [1.29, 1.82) is 0 Å². The van der Waals surface area contributed by atoms with Crippen molar-refractivity contribution in [2.24, 2.45) is 0 Å². The Hall–Kier alpha value is -1.31. The molecule has 12 heavy (non-hydrogen) atoms. The zero-order valence-electron chi connectivity index (χ0n) is 6.96. The van der Waals surface area contributed by atoms with E-state index in [-0.39, 0.29) is 0 Å². The molecular weight excluding hydrogens is 148 g/mol. The van der Waals surface area contributed by atoms with E-state index in [1.807, 2.05) is 12.3 Å². The molecule has 1 N–H and O–H groups in total. The normalized spacial score (nSPS) is 16.5. The van der Waals surface area contributed by atoms with Crippen LogP contribution < -0.4 is 5.32 Å². The first-order valence-corrected chi connectivity index (χ1v) is 4.31. The van der Waals surface area contributed by atoms with Crippen LogP contribution in [-0.4, -0.2) is 11.5 Å². The molecule has 0 fully saturated rings. The van der Waals surface area contributed by atoms with Crippen LogP contribution >= 0.6 is 0 Å². The predicted molar refractivity (Wildman–Crippen MR) is 49.5 cm³/mol. The van der Waals surface area contributed by atoms with Crippen molar-refractivity contribution in [2.75, 3.05) is 6.54 Å². The molecule has 0 unspecified atom stereocenters. The highest BCUT2D eigenvalue weighted by atomic mass is 14.9. The molecule has 2 heteroatoms. The minimum Gasteiger partial charge on any atom is -0.385 e. The van der Waals surface area contributed by atoms with Gasteiger partial charge in [0, 0.05) is 30.2 Å². The summed E-state index contributed by atoms with van der Waals surface area (Å²) < 4.78 is 0. The topological polar surface area (TPSA) is 24.9 Å². The summed E-state index contributed by atoms with van der Waals surface area (Å²) in [6.07, 6.45) is 8.35. The molecule has 0 saturated heterocycles. The molecule has 0 atom stereocenters. The quantitative estimate of drug-likeness (QED) is 0.677. The Labute approximate surface area is 72.3 Å². The Morgan fingerprint density at radius 2 is 2.42 bits per heavy atom. The number of aromatic nitrogens is 1. The Morgan fingerprint density at radius 1 is 1.42 bits per heavy atom. The third kappa shape index (κ3) is 1.47. The van der Waals surface area contributed by atoms with Crippen LogP contribution in [0.5, 0.6) is 0 Å². The molecule has 1 aromatic heterocycles. The molecule has 1 aliphatic heterocycles. The lowest BCUT2D eigenvalue weighted by molar-refractivity contribution is 0.743. The number of nitrogens with one attached hydrogen (secondary N) is 1. The van der Waals surface area contributed by atoms with Crippen molar-refractivity contribution < 1.29 is 0 Å². The lowest BCUT2D eigenvalue weighted by Crippen LogP contribution is -2.17. The smallest absolute Gasteiger partial charge is 0.0388 e. The van der Waals surface area contributed by atoms with E-state index in [9.17, 15) is 0 Å². The van der Waals surface area contributed by atoms with Gasteiger partial charge in [0.05, 0.1) is 0 Å². The van der Waals surface area contributed by atoms with E-state index in [4.69, 9.17) is 0 Å². The largest absolute Gasteiger partial charge is 0.385 e. The maximum Gasteiger partial charge on any atom is 0.0388 e. The fourth-order valence-electron chi connectivity index (χ4n) is 1.39. The maximum atomic E-state index is 4.08. The highest BCUT2D eigenvalue weighted by molar-refractivity contribution is 5.63. The zero-order valence-corrected chi connectivity index (χ0v) is 6.96. The van der Waals surface area contributed by atoms with Crippen LogP contribution in [0, 0.1) is 0 Å². The first-order valence-electron chi connectivity index (χ1n) is 4.31. The molecule has 2 heterocycles. The van der Waals surface area contributed by atoms with Crippen LogP contribution in [0.3, 0.4) is 0 Å². The van der Waals surface area contributed by atoms with E-state index >= 15 is 0 Å². The SMILES string of the molecule is C1=C(c2cccnc2)NCCC1. The van der Waals surface area contributed by atoms with Gasteiger partial charge in [0.25, 0.3) is 0 Å². The van der Waals surface area contributed by atoms with Crippen molar-refractivity contribution in [2.45, 2.75) is 12.8 Å². The van der Waals surface area contributed by atoms with Crippen LogP contribution in [-0.2, 0) is 0 Å². The zero-order chi connectivity index (χ0) is 8.23. The highest BCUT2D eigenvalue weighted by Gasteiger charge is 2.03. The average molecular weight is 160 g/mol. The molecule has 1 aliphatic rings. The third-order valence-electron chi connectivity index (χ3n) is 2.02. The average Bonchev–Trinajstić information content (AvgIpc) is 2.21. The number of nitrogens with zero attached hydrogens (tertiary/aromatic N) is 1. The van der Waals surface area contributed by atoms with Gasteiger partial charge in [0.1, 0.15) is 0 Å². The van der Waals surface area contributed by atoms with Gasteiger partial charge in [-0.1, -0.05) is 6.08 Å². The third-order valence-corrected chi connectivity index (χ3v) is 2.02. The van der Waals surface area contributed by atoms with Gasteiger partial charge in [-0.3, -0.25) is 4.98 Å². The standard InChI is InChI=1S/C10H12N2/c1-2-7-12-10(5-1)9-4-3-6-11-8-9/h3-6,8,12H,1-2,7H2. The van der Waals surface area contributed by atoms with E-state index in [0.717, 1.165) is 6.54 Å². The Balaban J connectivity index is 2.24. The van der Waals surface area contributed by atoms with Gasteiger partial charge in [0.2, 0.25) is 0 Å². The van der Waals surface area contributed by atoms with Crippen molar-refractivity contribution in [3.05, 3.63) is 36.2 Å². The van der Waals surface area contributed by atoms with Gasteiger partial charge >= 0.3 is 0 Å². The molecule has 62 valence electrons. The Morgan fingerprint density at radius 3 is 3.08 bits per heavy atom. The van der Waals surface area contributed by atoms with Crippen LogP contribution in [0.1, 0.15) is 18.4 Å². The fraction of sp³-hybridized carbons (Fsp3) is 0.300. The minimum absolute atomic E-state index is 1.08. The van der Waals surface area contributed by atoms with Crippen molar-refractivity contribution in [3.8, 4) is 0 Å². The van der Waals surface area contributed by atoms with Crippen molar-refractivity contribution >= 4 is 5.70 Å². The summed E-state index contributed by atoms with van der Waals surface area (Å²) in [5.74, 6) is 0. The first-order chi connectivity index (χ1) is 5.97. The molecule has 0 aromatic carbocycles. The number of hydrogen-bond acceptors (Lipinski definition) is 2. The molecule has 0 amide bonds. The fourth-order valence-corrected chi connectivity index (χ4v) is 1.39. The molecule has 0 aliphatic carbocycles. The van der Waals surface area contributed by atoms with Crippen LogP contribution in [0.4, 0.5) is 0 Å². The Kier molecular flexibility index (Phi) is 2.08. The van der Waals surface area contributed by atoms with Gasteiger partial charge in [-0.25, -0.2) is 0 Å². The predicted octanol–water partition coefficient (Wildman–Crippen LogP) is 1.81. The van der Waals surface area contributed by atoms with Gasteiger partial charge in [-0.15, -0.1) is 0 Å². The monoisotopic (exact) mass is 160 g/mol. The van der Waals surface area contributed by atoms with Gasteiger partial charge in [-0.2, -0.15) is 0 Å². The Bertz CT molecular complexity index is 277. The second-order valence-corrected chi connectivity index (χ2v) is 2.93. The van der Waals surface area contributed by atoms with Crippen LogP contribution in [0.25, 0.3) is 5.70 Å². The van der Waals surface area contributed by atoms with E-state index in [1.165, 1.54) is 24.1 Å². The van der Waals surface area contributed by atoms with Gasteiger partial charge < -0.3 is 5.32 Å². The van der Waals surface area contributed by atoms with Crippen molar-refractivity contribution in [3.63, 3.8) is 0 Å². The second-order valence-electron chi connectivity index (χ2n) is 2.93. The summed E-state index contributed by atoms with van der Waals surface area (Å²) in [4.78, 5) is 4.08. The lowest BCUT2D eigenvalue weighted by Gasteiger charge is -2.14. The minimum atomic E-state index is 1.08. The number of allylic oxidation sites excluding steroid dienone is 1. The highest BCUT2D eigenvalue weighted by Crippen LogP contribution is 2.14. The summed E-state index contributed by atoms with van der Waals surface area (Å²) in [5.41, 5.74) is 2.42. The number of pyridine rings is 1. The molecule has 0 bridgehead atoms. The number of hydrogen-bond donors (Lipinski definition) is 1. The molecule has 0 radical (unpaired) electrons. The second kappa shape index (κ2) is 3.39. The lowest BCUT2D eigenvalue weighted by atomic mass is 10.1. The molecule has 2 rings (SSSR count). The van der Waals surface area contributed by atoms with Crippen molar-refractivity contribution in [1.82, 2.24) is 10.3 Å². The van der Waals surface area contributed by atoms with E-state index < -0.39 is 0 Å². The molecule has 1 aromatic rings. The van der Waals surface area contributed by atoms with E-state index in [2.05, 4.69) is 22.4 Å². The maximum absolute atomic E-state index is 4.08. The molecule has 0 spiro atoms. The van der Waals surface area contributed by atoms with Crippen LogP contribution in [0.2, 0.25) is 0 Å².